The van der Waals surface area contributed by atoms with Crippen molar-refractivity contribution in [2.45, 2.75) is 6.92 Å². The van der Waals surface area contributed by atoms with Crippen molar-refractivity contribution in [2.24, 2.45) is 0 Å². The average molecular weight is 242 g/mol. The van der Waals surface area contributed by atoms with Gasteiger partial charge in [0, 0.05) is 5.56 Å². The summed E-state index contributed by atoms with van der Waals surface area (Å²) in [4.78, 5) is 11.3. The van der Waals surface area contributed by atoms with Crippen LogP contribution < -0.4 is 4.74 Å². The van der Waals surface area contributed by atoms with Gasteiger partial charge in [-0.3, -0.25) is 0 Å². The predicted octanol–water partition coefficient (Wildman–Crippen LogP) is 3.81. The van der Waals surface area contributed by atoms with Crippen molar-refractivity contribution in [3.63, 3.8) is 0 Å². The summed E-state index contributed by atoms with van der Waals surface area (Å²) in [7, 11) is 1.29. The fourth-order valence-electron chi connectivity index (χ4n) is 1.76. The van der Waals surface area contributed by atoms with Gasteiger partial charge in [-0.2, -0.15) is 0 Å². The van der Waals surface area contributed by atoms with E-state index in [0.717, 1.165) is 16.7 Å². The van der Waals surface area contributed by atoms with Crippen LogP contribution >= 0.6 is 0 Å². The minimum absolute atomic E-state index is 0.538. The molecular formula is C15H14O3. The lowest BCUT2D eigenvalue weighted by Crippen LogP contribution is -2.09. The summed E-state index contributed by atoms with van der Waals surface area (Å²) >= 11 is 0. The topological polar surface area (TPSA) is 35.5 Å². The quantitative estimate of drug-likeness (QED) is 0.593. The second-order valence-corrected chi connectivity index (χ2v) is 3.87. The van der Waals surface area contributed by atoms with Crippen LogP contribution in [-0.4, -0.2) is 13.3 Å². The summed E-state index contributed by atoms with van der Waals surface area (Å²) in [5.41, 5.74) is 2.77. The van der Waals surface area contributed by atoms with Crippen LogP contribution in [-0.2, 0) is 4.74 Å². The van der Waals surface area contributed by atoms with Crippen LogP contribution in [0.2, 0.25) is 0 Å². The van der Waals surface area contributed by atoms with Crippen molar-refractivity contribution in [1.82, 2.24) is 0 Å². The lowest BCUT2D eigenvalue weighted by atomic mass is 10.0. The first-order valence-electron chi connectivity index (χ1n) is 5.63. The van der Waals surface area contributed by atoms with E-state index in [1.807, 2.05) is 55.5 Å². The molecule has 0 aliphatic carbocycles. The van der Waals surface area contributed by atoms with Crippen molar-refractivity contribution in [2.75, 3.05) is 7.11 Å². The Bertz CT molecular complexity index is 547. The molecule has 0 aliphatic rings. The highest BCUT2D eigenvalue weighted by molar-refractivity contribution is 5.76. The zero-order chi connectivity index (χ0) is 13.0. The molecule has 0 radical (unpaired) electrons. The van der Waals surface area contributed by atoms with Crippen molar-refractivity contribution >= 4 is 6.16 Å². The lowest BCUT2D eigenvalue weighted by molar-refractivity contribution is 0.121. The lowest BCUT2D eigenvalue weighted by Gasteiger charge is -2.11. The maximum Gasteiger partial charge on any atom is 0.513 e. The van der Waals surface area contributed by atoms with Crippen LogP contribution in [0.3, 0.4) is 0 Å². The molecule has 0 atom stereocenters. The monoisotopic (exact) mass is 242 g/mol. The van der Waals surface area contributed by atoms with E-state index in [1.165, 1.54) is 7.11 Å². The van der Waals surface area contributed by atoms with Gasteiger partial charge in [0.05, 0.1) is 7.11 Å². The molecule has 3 nitrogen and oxygen atoms in total. The number of aryl methyl sites for hydroxylation is 1. The Kier molecular flexibility index (Phi) is 3.63. The summed E-state index contributed by atoms with van der Waals surface area (Å²) in [6, 6.07) is 15.5. The van der Waals surface area contributed by atoms with Gasteiger partial charge in [0.1, 0.15) is 5.75 Å². The number of para-hydroxylation sites is 1. The average Bonchev–Trinajstić information content (AvgIpc) is 2.42. The molecule has 2 rings (SSSR count). The predicted molar refractivity (Wildman–Crippen MR) is 69.6 cm³/mol. The van der Waals surface area contributed by atoms with E-state index in [2.05, 4.69) is 4.74 Å². The molecule has 18 heavy (non-hydrogen) atoms. The summed E-state index contributed by atoms with van der Waals surface area (Å²) in [6.45, 7) is 1.89. The first-order valence-corrected chi connectivity index (χ1v) is 5.63. The number of carbonyl (C=O) groups is 1. The molecular weight excluding hydrogens is 228 g/mol. The minimum atomic E-state index is -0.707. The van der Waals surface area contributed by atoms with Crippen molar-refractivity contribution < 1.29 is 14.3 Å². The summed E-state index contributed by atoms with van der Waals surface area (Å²) in [5.74, 6) is 0.538. The van der Waals surface area contributed by atoms with Gasteiger partial charge < -0.3 is 9.47 Å². The standard InChI is InChI=1S/C15H14O3/c1-11-7-6-10-13(12-8-4-3-5-9-12)14(11)18-15(16)17-2/h3-10H,1-2H3. The maximum absolute atomic E-state index is 11.3. The van der Waals surface area contributed by atoms with Gasteiger partial charge in [0.2, 0.25) is 0 Å². The molecule has 0 saturated heterocycles. The second kappa shape index (κ2) is 5.36. The number of rotatable bonds is 2. The molecule has 0 spiro atoms. The van der Waals surface area contributed by atoms with Gasteiger partial charge in [-0.15, -0.1) is 0 Å². The molecule has 2 aromatic rings. The van der Waals surface area contributed by atoms with Crippen molar-refractivity contribution in [3.8, 4) is 16.9 Å². The van der Waals surface area contributed by atoms with Gasteiger partial charge in [-0.1, -0.05) is 48.5 Å². The molecule has 0 saturated carbocycles. The first-order chi connectivity index (χ1) is 8.72. The van der Waals surface area contributed by atoms with Crippen LogP contribution in [0.4, 0.5) is 4.79 Å². The van der Waals surface area contributed by atoms with Gasteiger partial charge >= 0.3 is 6.16 Å². The van der Waals surface area contributed by atoms with Crippen LogP contribution in [0, 0.1) is 6.92 Å². The molecule has 0 aromatic heterocycles. The zero-order valence-electron chi connectivity index (χ0n) is 10.3. The molecule has 0 fully saturated rings. The Morgan fingerprint density at radius 3 is 2.39 bits per heavy atom. The van der Waals surface area contributed by atoms with Gasteiger partial charge in [0.15, 0.2) is 0 Å². The van der Waals surface area contributed by atoms with E-state index in [9.17, 15) is 4.79 Å². The molecule has 0 heterocycles. The third-order valence-corrected chi connectivity index (χ3v) is 2.65. The highest BCUT2D eigenvalue weighted by Crippen LogP contribution is 2.32. The van der Waals surface area contributed by atoms with Crippen LogP contribution in [0.5, 0.6) is 5.75 Å². The second-order valence-electron chi connectivity index (χ2n) is 3.87. The fourth-order valence-corrected chi connectivity index (χ4v) is 1.76. The van der Waals surface area contributed by atoms with Crippen molar-refractivity contribution in [1.29, 1.82) is 0 Å². The zero-order valence-corrected chi connectivity index (χ0v) is 10.3. The molecule has 0 aliphatic heterocycles. The number of methoxy groups -OCH3 is 1. The number of benzene rings is 2. The number of carbonyl (C=O) groups excluding carboxylic acids is 1. The number of hydrogen-bond acceptors (Lipinski definition) is 3. The molecule has 3 heteroatoms. The summed E-state index contributed by atoms with van der Waals surface area (Å²) in [5, 5.41) is 0. The van der Waals surface area contributed by atoms with E-state index >= 15 is 0 Å². The Hall–Kier alpha value is -2.29. The first kappa shape index (κ1) is 12.2. The van der Waals surface area contributed by atoms with E-state index in [0.29, 0.717) is 5.75 Å². The molecule has 0 N–H and O–H groups in total. The van der Waals surface area contributed by atoms with E-state index in [1.54, 1.807) is 0 Å². The van der Waals surface area contributed by atoms with Gasteiger partial charge in [-0.25, -0.2) is 4.79 Å². The van der Waals surface area contributed by atoms with Crippen molar-refractivity contribution in [3.05, 3.63) is 54.1 Å². The Labute approximate surface area is 106 Å². The van der Waals surface area contributed by atoms with E-state index in [4.69, 9.17) is 4.74 Å². The number of hydrogen-bond donors (Lipinski definition) is 0. The molecule has 2 aromatic carbocycles. The largest absolute Gasteiger partial charge is 0.513 e. The van der Waals surface area contributed by atoms with E-state index < -0.39 is 6.16 Å². The molecule has 0 unspecified atom stereocenters. The van der Waals surface area contributed by atoms with Gasteiger partial charge in [-0.05, 0) is 18.1 Å². The van der Waals surface area contributed by atoms with Crippen LogP contribution in [0.1, 0.15) is 5.56 Å². The SMILES string of the molecule is COC(=O)Oc1c(C)cccc1-c1ccccc1. The third kappa shape index (κ3) is 2.51. The molecule has 0 bridgehead atoms. The minimum Gasteiger partial charge on any atom is -0.437 e. The number of ether oxygens (including phenoxy) is 2. The fraction of sp³-hybridized carbons (Fsp3) is 0.133. The molecule has 0 amide bonds. The highest BCUT2D eigenvalue weighted by Gasteiger charge is 2.13. The van der Waals surface area contributed by atoms with Crippen LogP contribution in [0.15, 0.2) is 48.5 Å². The molecule has 92 valence electrons. The third-order valence-electron chi connectivity index (χ3n) is 2.65. The summed E-state index contributed by atoms with van der Waals surface area (Å²) in [6.07, 6.45) is -0.707. The van der Waals surface area contributed by atoms with E-state index in [-0.39, 0.29) is 0 Å². The normalized spacial score (nSPS) is 9.89. The Balaban J connectivity index is 2.48. The Morgan fingerprint density at radius 1 is 1.00 bits per heavy atom. The Morgan fingerprint density at radius 2 is 1.72 bits per heavy atom. The summed E-state index contributed by atoms with van der Waals surface area (Å²) < 4.78 is 9.76. The van der Waals surface area contributed by atoms with Gasteiger partial charge in [0.25, 0.3) is 0 Å². The maximum atomic E-state index is 11.3. The highest BCUT2D eigenvalue weighted by atomic mass is 16.7. The van der Waals surface area contributed by atoms with Crippen LogP contribution in [0.25, 0.3) is 11.1 Å². The smallest absolute Gasteiger partial charge is 0.437 e.